The van der Waals surface area contributed by atoms with Crippen LogP contribution in [0.15, 0.2) is 59.5 Å². The lowest BCUT2D eigenvalue weighted by molar-refractivity contribution is -0.120. The van der Waals surface area contributed by atoms with Crippen LogP contribution in [-0.4, -0.2) is 33.4 Å². The van der Waals surface area contributed by atoms with Gasteiger partial charge in [-0.2, -0.15) is 0 Å². The molecule has 0 aliphatic heterocycles. The highest BCUT2D eigenvalue weighted by Crippen LogP contribution is 2.12. The maximum Gasteiger partial charge on any atom is 0.253 e. The highest BCUT2D eigenvalue weighted by molar-refractivity contribution is 5.99. The van der Waals surface area contributed by atoms with E-state index in [1.165, 1.54) is 17.1 Å². The number of nitrogens with zero attached hydrogens (tertiary/aromatic N) is 3. The number of amides is 2. The summed E-state index contributed by atoms with van der Waals surface area (Å²) in [6.07, 6.45) is 4.70. The Labute approximate surface area is 137 Å². The molecule has 8 nitrogen and oxygen atoms in total. The molecule has 0 unspecified atom stereocenters. The fourth-order valence-electron chi connectivity index (χ4n) is 2.12. The summed E-state index contributed by atoms with van der Waals surface area (Å²) < 4.78 is 6.61. The quantitative estimate of drug-likeness (QED) is 0.701. The van der Waals surface area contributed by atoms with E-state index in [0.717, 1.165) is 0 Å². The Morgan fingerprint density at radius 3 is 2.75 bits per heavy atom. The second-order valence-electron chi connectivity index (χ2n) is 4.90. The number of carbonyl (C=O) groups excluding carboxylic acids is 2. The van der Waals surface area contributed by atoms with Crippen molar-refractivity contribution in [2.75, 3.05) is 6.54 Å². The van der Waals surface area contributed by atoms with Gasteiger partial charge >= 0.3 is 0 Å². The van der Waals surface area contributed by atoms with Gasteiger partial charge in [-0.3, -0.25) is 9.59 Å². The molecule has 0 saturated carbocycles. The lowest BCUT2D eigenvalue weighted by Gasteiger charge is -2.09. The minimum atomic E-state index is -0.366. The number of para-hydroxylation sites is 1. The Bertz CT molecular complexity index is 812. The van der Waals surface area contributed by atoms with Crippen LogP contribution in [-0.2, 0) is 11.3 Å². The molecular weight excluding hydrogens is 310 g/mol. The average Bonchev–Trinajstić information content (AvgIpc) is 3.31. The molecule has 8 heteroatoms. The van der Waals surface area contributed by atoms with E-state index in [0.29, 0.717) is 17.0 Å². The second-order valence-corrected chi connectivity index (χ2v) is 4.90. The summed E-state index contributed by atoms with van der Waals surface area (Å²) in [6, 6.07) is 10.4. The molecule has 3 rings (SSSR count). The van der Waals surface area contributed by atoms with Gasteiger partial charge in [0.15, 0.2) is 0 Å². The summed E-state index contributed by atoms with van der Waals surface area (Å²) in [5.41, 5.74) is 0.991. The summed E-state index contributed by atoms with van der Waals surface area (Å²) in [4.78, 5) is 24.1. The van der Waals surface area contributed by atoms with E-state index in [1.807, 2.05) is 0 Å². The highest BCUT2D eigenvalue weighted by atomic mass is 16.3. The van der Waals surface area contributed by atoms with Crippen molar-refractivity contribution in [3.8, 4) is 5.69 Å². The predicted molar refractivity (Wildman–Crippen MR) is 84.2 cm³/mol. The normalized spacial score (nSPS) is 10.3. The van der Waals surface area contributed by atoms with Gasteiger partial charge in [-0.15, -0.1) is 5.10 Å². The molecule has 2 amide bonds. The zero-order valence-corrected chi connectivity index (χ0v) is 12.7. The van der Waals surface area contributed by atoms with Crippen molar-refractivity contribution >= 4 is 11.8 Å². The second kappa shape index (κ2) is 7.23. The molecule has 1 aromatic carbocycles. The van der Waals surface area contributed by atoms with E-state index >= 15 is 0 Å². The summed E-state index contributed by atoms with van der Waals surface area (Å²) in [5.74, 6) is -0.0292. The van der Waals surface area contributed by atoms with Crippen LogP contribution >= 0.6 is 0 Å². The first kappa shape index (κ1) is 15.5. The number of benzene rings is 1. The molecule has 0 saturated heterocycles. The lowest BCUT2D eigenvalue weighted by atomic mass is 10.1. The van der Waals surface area contributed by atoms with Crippen LogP contribution in [0, 0.1) is 0 Å². The van der Waals surface area contributed by atoms with Crippen molar-refractivity contribution in [1.82, 2.24) is 25.6 Å². The van der Waals surface area contributed by atoms with Crippen molar-refractivity contribution in [3.63, 3.8) is 0 Å². The SMILES string of the molecule is O=C(CNC(=O)c1ccccc1-n1ccnn1)NCc1ccco1. The van der Waals surface area contributed by atoms with E-state index in [1.54, 1.807) is 42.6 Å². The monoisotopic (exact) mass is 325 g/mol. The first-order chi connectivity index (χ1) is 11.7. The summed E-state index contributed by atoms with van der Waals surface area (Å²) >= 11 is 0. The molecule has 0 spiro atoms. The Kier molecular flexibility index (Phi) is 4.66. The van der Waals surface area contributed by atoms with Crippen LogP contribution in [0.4, 0.5) is 0 Å². The summed E-state index contributed by atoms with van der Waals surface area (Å²) in [5, 5.41) is 12.9. The van der Waals surface area contributed by atoms with Crippen LogP contribution in [0.5, 0.6) is 0 Å². The molecule has 0 aliphatic rings. The van der Waals surface area contributed by atoms with Gasteiger partial charge in [-0.25, -0.2) is 4.68 Å². The van der Waals surface area contributed by atoms with E-state index in [9.17, 15) is 9.59 Å². The van der Waals surface area contributed by atoms with Crippen molar-refractivity contribution in [3.05, 3.63) is 66.4 Å². The first-order valence-corrected chi connectivity index (χ1v) is 7.27. The van der Waals surface area contributed by atoms with Crippen LogP contribution in [0.3, 0.4) is 0 Å². The Hall–Kier alpha value is -3.42. The van der Waals surface area contributed by atoms with Gasteiger partial charge in [-0.1, -0.05) is 17.3 Å². The summed E-state index contributed by atoms with van der Waals surface area (Å²) in [7, 11) is 0. The molecule has 122 valence electrons. The third kappa shape index (κ3) is 3.67. The zero-order valence-electron chi connectivity index (χ0n) is 12.7. The van der Waals surface area contributed by atoms with Gasteiger partial charge in [-0.05, 0) is 24.3 Å². The third-order valence-electron chi connectivity index (χ3n) is 3.27. The van der Waals surface area contributed by atoms with Gasteiger partial charge in [0.2, 0.25) is 5.91 Å². The Balaban J connectivity index is 1.58. The van der Waals surface area contributed by atoms with Gasteiger partial charge in [0.1, 0.15) is 5.76 Å². The maximum absolute atomic E-state index is 12.3. The zero-order chi connectivity index (χ0) is 16.8. The van der Waals surface area contributed by atoms with E-state index in [-0.39, 0.29) is 24.9 Å². The van der Waals surface area contributed by atoms with Crippen molar-refractivity contribution in [2.24, 2.45) is 0 Å². The minimum Gasteiger partial charge on any atom is -0.467 e. The molecule has 0 radical (unpaired) electrons. The van der Waals surface area contributed by atoms with Crippen LogP contribution in [0.1, 0.15) is 16.1 Å². The number of nitrogens with one attached hydrogen (secondary N) is 2. The Morgan fingerprint density at radius 1 is 1.12 bits per heavy atom. The molecule has 3 aromatic rings. The van der Waals surface area contributed by atoms with Gasteiger partial charge < -0.3 is 15.1 Å². The van der Waals surface area contributed by atoms with E-state index < -0.39 is 0 Å². The van der Waals surface area contributed by atoms with Crippen molar-refractivity contribution < 1.29 is 14.0 Å². The molecule has 0 atom stereocenters. The van der Waals surface area contributed by atoms with E-state index in [4.69, 9.17) is 4.42 Å². The van der Waals surface area contributed by atoms with Crippen molar-refractivity contribution in [1.29, 1.82) is 0 Å². The smallest absolute Gasteiger partial charge is 0.253 e. The number of aromatic nitrogens is 3. The number of hydrogen-bond acceptors (Lipinski definition) is 5. The number of carbonyl (C=O) groups is 2. The molecule has 2 aromatic heterocycles. The largest absolute Gasteiger partial charge is 0.467 e. The van der Waals surface area contributed by atoms with Crippen LogP contribution in [0.25, 0.3) is 5.69 Å². The van der Waals surface area contributed by atoms with E-state index in [2.05, 4.69) is 20.9 Å². The average molecular weight is 325 g/mol. The lowest BCUT2D eigenvalue weighted by Crippen LogP contribution is -2.36. The molecular formula is C16H15N5O3. The number of furan rings is 1. The molecule has 0 aliphatic carbocycles. The molecule has 2 N–H and O–H groups in total. The number of hydrogen-bond donors (Lipinski definition) is 2. The van der Waals surface area contributed by atoms with Crippen LogP contribution < -0.4 is 10.6 Å². The fourth-order valence-corrected chi connectivity index (χ4v) is 2.12. The van der Waals surface area contributed by atoms with Crippen molar-refractivity contribution in [2.45, 2.75) is 6.54 Å². The minimum absolute atomic E-state index is 0.134. The summed E-state index contributed by atoms with van der Waals surface area (Å²) in [6.45, 7) is 0.141. The van der Waals surface area contributed by atoms with Gasteiger partial charge in [0, 0.05) is 0 Å². The fraction of sp³-hybridized carbons (Fsp3) is 0.125. The maximum atomic E-state index is 12.3. The van der Waals surface area contributed by atoms with Gasteiger partial charge in [0.05, 0.1) is 43.0 Å². The highest BCUT2D eigenvalue weighted by Gasteiger charge is 2.13. The predicted octanol–water partition coefficient (Wildman–Crippen LogP) is 0.906. The molecule has 24 heavy (non-hydrogen) atoms. The number of rotatable bonds is 6. The molecule has 0 bridgehead atoms. The third-order valence-corrected chi connectivity index (χ3v) is 3.27. The molecule has 0 fully saturated rings. The standard InChI is InChI=1S/C16H15N5O3/c22-15(17-10-12-4-3-9-24-12)11-18-16(23)13-5-1-2-6-14(13)21-8-7-19-20-21/h1-9H,10-11H2,(H,17,22)(H,18,23). The topological polar surface area (TPSA) is 102 Å². The molecule has 2 heterocycles. The Morgan fingerprint density at radius 2 is 2.00 bits per heavy atom. The van der Waals surface area contributed by atoms with Gasteiger partial charge in [0.25, 0.3) is 5.91 Å². The first-order valence-electron chi connectivity index (χ1n) is 7.27. The van der Waals surface area contributed by atoms with Crippen LogP contribution in [0.2, 0.25) is 0 Å².